The first kappa shape index (κ1) is 23.4. The van der Waals surface area contributed by atoms with Crippen molar-refractivity contribution in [3.05, 3.63) is 94.8 Å². The van der Waals surface area contributed by atoms with Crippen LogP contribution in [0.25, 0.3) is 0 Å². The lowest BCUT2D eigenvalue weighted by atomic mass is 9.96. The summed E-state index contributed by atoms with van der Waals surface area (Å²) >= 11 is 5.91. The van der Waals surface area contributed by atoms with Gasteiger partial charge in [-0.3, -0.25) is 19.4 Å². The fourth-order valence-corrected chi connectivity index (χ4v) is 4.03. The van der Waals surface area contributed by atoms with Crippen LogP contribution < -0.4 is 10.6 Å². The molecule has 3 aromatic rings. The molecule has 174 valence electrons. The number of carbonyl (C=O) groups excluding carboxylic acids is 3. The minimum atomic E-state index is -0.327. The summed E-state index contributed by atoms with van der Waals surface area (Å²) < 4.78 is 0. The molecule has 0 saturated carbocycles. The van der Waals surface area contributed by atoms with Gasteiger partial charge in [-0.05, 0) is 67.4 Å². The number of amides is 3. The number of hydrogen-bond donors (Lipinski definition) is 2. The molecule has 2 N–H and O–H groups in total. The first-order valence-corrected chi connectivity index (χ1v) is 11.5. The van der Waals surface area contributed by atoms with Crippen molar-refractivity contribution in [3.8, 4) is 0 Å². The van der Waals surface area contributed by atoms with E-state index in [1.54, 1.807) is 59.6 Å². The summed E-state index contributed by atoms with van der Waals surface area (Å²) in [5.41, 5.74) is 2.29. The molecule has 34 heavy (non-hydrogen) atoms. The van der Waals surface area contributed by atoms with Gasteiger partial charge < -0.3 is 15.5 Å². The van der Waals surface area contributed by atoms with Crippen molar-refractivity contribution in [3.63, 3.8) is 0 Å². The molecule has 1 unspecified atom stereocenters. The highest BCUT2D eigenvalue weighted by Gasteiger charge is 2.29. The number of aromatic nitrogens is 1. The summed E-state index contributed by atoms with van der Waals surface area (Å²) in [6.45, 7) is 1.27. The van der Waals surface area contributed by atoms with Crippen LogP contribution in [0.5, 0.6) is 0 Å². The fourth-order valence-electron chi connectivity index (χ4n) is 3.91. The number of hydrogen-bond acceptors (Lipinski definition) is 4. The van der Waals surface area contributed by atoms with E-state index < -0.39 is 0 Å². The van der Waals surface area contributed by atoms with Gasteiger partial charge in [-0.2, -0.15) is 0 Å². The van der Waals surface area contributed by atoms with Crippen molar-refractivity contribution in [1.82, 2.24) is 15.2 Å². The van der Waals surface area contributed by atoms with E-state index >= 15 is 0 Å². The van der Waals surface area contributed by atoms with Crippen molar-refractivity contribution >= 4 is 35.0 Å². The third kappa shape index (κ3) is 5.99. The summed E-state index contributed by atoms with van der Waals surface area (Å²) in [5, 5.41) is 6.30. The molecule has 0 radical (unpaired) electrons. The summed E-state index contributed by atoms with van der Waals surface area (Å²) in [4.78, 5) is 44.2. The first-order chi connectivity index (χ1) is 16.5. The molecular weight excluding hydrogens is 452 g/mol. The van der Waals surface area contributed by atoms with Crippen molar-refractivity contribution in [2.24, 2.45) is 5.92 Å². The largest absolute Gasteiger partial charge is 0.346 e. The molecule has 1 atom stereocenters. The third-order valence-corrected chi connectivity index (χ3v) is 5.97. The molecular formula is C26H25ClN4O3. The Kier molecular flexibility index (Phi) is 7.54. The maximum absolute atomic E-state index is 12.9. The van der Waals surface area contributed by atoms with Crippen molar-refractivity contribution < 1.29 is 14.4 Å². The Bertz CT molecular complexity index is 1170. The second kappa shape index (κ2) is 10.9. The smallest absolute Gasteiger partial charge is 0.253 e. The number of halogens is 1. The number of anilines is 1. The van der Waals surface area contributed by atoms with Gasteiger partial charge in [0.1, 0.15) is 0 Å². The average Bonchev–Trinajstić information content (AvgIpc) is 2.88. The quantitative estimate of drug-likeness (QED) is 0.559. The van der Waals surface area contributed by atoms with Crippen LogP contribution in [0.1, 0.15) is 39.3 Å². The minimum absolute atomic E-state index is 0.110. The van der Waals surface area contributed by atoms with E-state index in [2.05, 4.69) is 15.6 Å². The lowest BCUT2D eigenvalue weighted by Gasteiger charge is -2.32. The summed E-state index contributed by atoms with van der Waals surface area (Å²) in [6.07, 6.45) is 3.11. The Morgan fingerprint density at radius 2 is 1.82 bits per heavy atom. The van der Waals surface area contributed by atoms with Gasteiger partial charge in [0, 0.05) is 41.1 Å². The van der Waals surface area contributed by atoms with Gasteiger partial charge in [0.2, 0.25) is 5.91 Å². The second-order valence-corrected chi connectivity index (χ2v) is 8.61. The second-order valence-electron chi connectivity index (χ2n) is 8.17. The molecule has 1 aromatic heterocycles. The van der Waals surface area contributed by atoms with Crippen LogP contribution in [0.15, 0.2) is 72.9 Å². The normalized spacial score (nSPS) is 15.4. The predicted octanol–water partition coefficient (Wildman–Crippen LogP) is 4.16. The Hall–Kier alpha value is -3.71. The Labute approximate surface area is 203 Å². The van der Waals surface area contributed by atoms with Crippen molar-refractivity contribution in [1.29, 1.82) is 0 Å². The zero-order valence-corrected chi connectivity index (χ0v) is 19.3. The van der Waals surface area contributed by atoms with Crippen LogP contribution in [0.2, 0.25) is 5.02 Å². The Morgan fingerprint density at radius 1 is 1.00 bits per heavy atom. The van der Waals surface area contributed by atoms with Gasteiger partial charge in [-0.25, -0.2) is 0 Å². The lowest BCUT2D eigenvalue weighted by Crippen LogP contribution is -2.43. The van der Waals surface area contributed by atoms with Gasteiger partial charge in [-0.15, -0.1) is 0 Å². The highest BCUT2D eigenvalue weighted by Crippen LogP contribution is 2.22. The Balaban J connectivity index is 1.35. The van der Waals surface area contributed by atoms with E-state index in [1.165, 1.54) is 0 Å². The van der Waals surface area contributed by atoms with Gasteiger partial charge >= 0.3 is 0 Å². The highest BCUT2D eigenvalue weighted by molar-refractivity contribution is 6.30. The number of likely N-dealkylation sites (tertiary alicyclic amines) is 1. The molecule has 1 aliphatic heterocycles. The SMILES string of the molecule is O=C(NCc1ccccn1)c1cccc(NC(=O)C2CCCN(C(=O)c3ccc(Cl)cc3)C2)c1. The molecule has 7 nitrogen and oxygen atoms in total. The number of pyridine rings is 1. The van der Waals surface area contributed by atoms with Gasteiger partial charge in [0.25, 0.3) is 11.8 Å². The standard InChI is InChI=1S/C26H25ClN4O3/c27-21-11-9-18(10-12-21)26(34)31-14-4-6-20(17-31)25(33)30-22-8-3-5-19(15-22)24(32)29-16-23-7-1-2-13-28-23/h1-3,5,7-13,15,20H,4,6,14,16-17H2,(H,29,32)(H,30,33). The minimum Gasteiger partial charge on any atom is -0.346 e. The van der Waals surface area contributed by atoms with Crippen LogP contribution in [-0.4, -0.2) is 40.7 Å². The van der Waals surface area contributed by atoms with Crippen LogP contribution in [-0.2, 0) is 11.3 Å². The van der Waals surface area contributed by atoms with Gasteiger partial charge in [0.15, 0.2) is 0 Å². The van der Waals surface area contributed by atoms with E-state index in [0.717, 1.165) is 12.1 Å². The molecule has 4 rings (SSSR count). The molecule has 1 aliphatic rings. The molecule has 2 heterocycles. The number of nitrogens with one attached hydrogen (secondary N) is 2. The molecule has 3 amide bonds. The topological polar surface area (TPSA) is 91.4 Å². The van der Waals surface area contributed by atoms with E-state index in [0.29, 0.717) is 47.9 Å². The lowest BCUT2D eigenvalue weighted by molar-refractivity contribution is -0.121. The van der Waals surface area contributed by atoms with E-state index in [1.807, 2.05) is 18.2 Å². The Morgan fingerprint density at radius 3 is 2.59 bits per heavy atom. The number of benzene rings is 2. The van der Waals surface area contributed by atoms with E-state index in [9.17, 15) is 14.4 Å². The molecule has 0 aliphatic carbocycles. The van der Waals surface area contributed by atoms with Gasteiger partial charge in [-0.1, -0.05) is 23.7 Å². The zero-order valence-electron chi connectivity index (χ0n) is 18.5. The predicted molar refractivity (Wildman–Crippen MR) is 131 cm³/mol. The molecule has 1 fully saturated rings. The van der Waals surface area contributed by atoms with Crippen LogP contribution in [0, 0.1) is 5.92 Å². The summed E-state index contributed by atoms with van der Waals surface area (Å²) in [5.74, 6) is -0.855. The van der Waals surface area contributed by atoms with E-state index in [-0.39, 0.29) is 23.6 Å². The number of nitrogens with zero attached hydrogens (tertiary/aromatic N) is 2. The summed E-state index contributed by atoms with van der Waals surface area (Å²) in [7, 11) is 0. The zero-order chi connectivity index (χ0) is 23.9. The molecule has 1 saturated heterocycles. The van der Waals surface area contributed by atoms with Crippen LogP contribution in [0.4, 0.5) is 5.69 Å². The van der Waals surface area contributed by atoms with Crippen LogP contribution in [0.3, 0.4) is 0 Å². The monoisotopic (exact) mass is 476 g/mol. The van der Waals surface area contributed by atoms with Crippen molar-refractivity contribution in [2.75, 3.05) is 18.4 Å². The van der Waals surface area contributed by atoms with E-state index in [4.69, 9.17) is 11.6 Å². The molecule has 8 heteroatoms. The number of rotatable bonds is 6. The molecule has 0 spiro atoms. The first-order valence-electron chi connectivity index (χ1n) is 11.1. The third-order valence-electron chi connectivity index (χ3n) is 5.72. The van der Waals surface area contributed by atoms with Crippen LogP contribution >= 0.6 is 11.6 Å². The maximum atomic E-state index is 12.9. The molecule has 0 bridgehead atoms. The van der Waals surface area contributed by atoms with Gasteiger partial charge in [0.05, 0.1) is 18.2 Å². The fraction of sp³-hybridized carbons (Fsp3) is 0.231. The maximum Gasteiger partial charge on any atom is 0.253 e. The number of piperidine rings is 1. The average molecular weight is 477 g/mol. The highest BCUT2D eigenvalue weighted by atomic mass is 35.5. The number of carbonyl (C=O) groups is 3. The molecule has 2 aromatic carbocycles. The van der Waals surface area contributed by atoms with Crippen molar-refractivity contribution in [2.45, 2.75) is 19.4 Å². The summed E-state index contributed by atoms with van der Waals surface area (Å²) in [6, 6.07) is 19.1.